The highest BCUT2D eigenvalue weighted by Crippen LogP contribution is 2.39. The van der Waals surface area contributed by atoms with Crippen LogP contribution in [-0.2, 0) is 0 Å². The maximum absolute atomic E-state index is 9.45. The number of para-hydroxylation sites is 3. The van der Waals surface area contributed by atoms with Gasteiger partial charge in [-0.05, 0) is 105 Å². The van der Waals surface area contributed by atoms with Crippen LogP contribution in [0.1, 0.15) is 5.56 Å². The zero-order chi connectivity index (χ0) is 31.8. The predicted molar refractivity (Wildman–Crippen MR) is 200 cm³/mol. The van der Waals surface area contributed by atoms with Crippen LogP contribution in [0.4, 0.5) is 0 Å². The fourth-order valence-corrected chi connectivity index (χ4v) is 7.70. The van der Waals surface area contributed by atoms with E-state index in [2.05, 4.69) is 167 Å². The van der Waals surface area contributed by atoms with Gasteiger partial charge in [-0.2, -0.15) is 5.26 Å². The average Bonchev–Trinajstić information content (AvgIpc) is 3.67. The lowest BCUT2D eigenvalue weighted by molar-refractivity contribution is 1.18. The molecule has 0 atom stereocenters. The van der Waals surface area contributed by atoms with E-state index in [0.717, 1.165) is 16.5 Å². The number of aromatic nitrogens is 2. The number of hydrogen-bond donors (Lipinski definition) is 0. The van der Waals surface area contributed by atoms with E-state index in [-0.39, 0.29) is 0 Å². The predicted octanol–water partition coefficient (Wildman–Crippen LogP) is 11.7. The van der Waals surface area contributed by atoms with E-state index in [1.54, 1.807) is 0 Å². The fraction of sp³-hybridized carbons (Fsp3) is 0. The third kappa shape index (κ3) is 3.87. The van der Waals surface area contributed by atoms with Gasteiger partial charge >= 0.3 is 0 Å². The molecule has 0 aliphatic carbocycles. The van der Waals surface area contributed by atoms with Crippen molar-refractivity contribution in [2.75, 3.05) is 0 Å². The van der Waals surface area contributed by atoms with Crippen LogP contribution in [0.5, 0.6) is 0 Å². The van der Waals surface area contributed by atoms with Gasteiger partial charge in [0.1, 0.15) is 0 Å². The van der Waals surface area contributed by atoms with Crippen molar-refractivity contribution in [3.63, 3.8) is 0 Å². The van der Waals surface area contributed by atoms with E-state index < -0.39 is 0 Å². The van der Waals surface area contributed by atoms with E-state index in [9.17, 15) is 5.26 Å². The summed E-state index contributed by atoms with van der Waals surface area (Å²) in [5.41, 5.74) is 10.1. The minimum atomic E-state index is 0.678. The van der Waals surface area contributed by atoms with Crippen LogP contribution < -0.4 is 0 Å². The molecule has 0 aliphatic rings. The summed E-state index contributed by atoms with van der Waals surface area (Å²) < 4.78 is 4.74. The minimum absolute atomic E-state index is 0.678. The molecule has 0 saturated carbocycles. The smallest absolute Gasteiger partial charge is 0.0991 e. The summed E-state index contributed by atoms with van der Waals surface area (Å²) in [6.45, 7) is 0. The molecule has 10 aromatic rings. The van der Waals surface area contributed by atoms with Crippen LogP contribution >= 0.6 is 0 Å². The Morgan fingerprint density at radius 3 is 1.58 bits per heavy atom. The van der Waals surface area contributed by atoms with Crippen LogP contribution in [0.2, 0.25) is 0 Å². The van der Waals surface area contributed by atoms with Gasteiger partial charge < -0.3 is 9.13 Å². The van der Waals surface area contributed by atoms with Crippen LogP contribution in [0, 0.1) is 11.3 Å². The Morgan fingerprint density at radius 2 is 0.917 bits per heavy atom. The van der Waals surface area contributed by atoms with Gasteiger partial charge in [-0.25, -0.2) is 0 Å². The molecule has 2 aromatic heterocycles. The molecule has 0 spiro atoms. The van der Waals surface area contributed by atoms with Crippen molar-refractivity contribution in [1.82, 2.24) is 9.13 Å². The van der Waals surface area contributed by atoms with Crippen LogP contribution in [0.15, 0.2) is 164 Å². The molecule has 0 N–H and O–H groups in total. The largest absolute Gasteiger partial charge is 0.309 e. The van der Waals surface area contributed by atoms with Gasteiger partial charge in [0.05, 0.1) is 33.7 Å². The molecule has 3 nitrogen and oxygen atoms in total. The van der Waals surface area contributed by atoms with Crippen molar-refractivity contribution in [3.8, 4) is 28.6 Å². The highest BCUT2D eigenvalue weighted by Gasteiger charge is 2.16. The van der Waals surface area contributed by atoms with Gasteiger partial charge in [0.15, 0.2) is 0 Å². The summed E-state index contributed by atoms with van der Waals surface area (Å²) in [5, 5.41) is 19.0. The molecule has 0 fully saturated rings. The molecule has 222 valence electrons. The summed E-state index contributed by atoms with van der Waals surface area (Å²) in [7, 11) is 0. The summed E-state index contributed by atoms with van der Waals surface area (Å²) in [4.78, 5) is 0. The molecule has 0 unspecified atom stereocenters. The molecule has 0 aliphatic heterocycles. The quantitative estimate of drug-likeness (QED) is 0.183. The van der Waals surface area contributed by atoms with Gasteiger partial charge in [0.25, 0.3) is 0 Å². The molecule has 3 heteroatoms. The normalized spacial score (nSPS) is 11.7. The Balaban J connectivity index is 1.17. The highest BCUT2D eigenvalue weighted by atomic mass is 15.0. The van der Waals surface area contributed by atoms with Crippen LogP contribution in [0.3, 0.4) is 0 Å². The summed E-state index contributed by atoms with van der Waals surface area (Å²) >= 11 is 0. The summed E-state index contributed by atoms with van der Waals surface area (Å²) in [6.07, 6.45) is 0. The van der Waals surface area contributed by atoms with E-state index >= 15 is 0 Å². The number of benzene rings is 8. The van der Waals surface area contributed by atoms with Gasteiger partial charge in [0.2, 0.25) is 0 Å². The first-order valence-electron chi connectivity index (χ1n) is 16.2. The van der Waals surface area contributed by atoms with Crippen LogP contribution in [0.25, 0.3) is 87.7 Å². The van der Waals surface area contributed by atoms with Crippen molar-refractivity contribution in [3.05, 3.63) is 169 Å². The van der Waals surface area contributed by atoms with Gasteiger partial charge in [0, 0.05) is 32.9 Å². The molecule has 0 amide bonds. The number of rotatable bonds is 3. The highest BCUT2D eigenvalue weighted by molar-refractivity contribution is 6.13. The molecule has 0 bridgehead atoms. The van der Waals surface area contributed by atoms with Crippen molar-refractivity contribution < 1.29 is 0 Å². The molecular weight excluding hydrogens is 583 g/mol. The Bertz CT molecular complexity index is 2950. The maximum atomic E-state index is 9.45. The van der Waals surface area contributed by atoms with Crippen molar-refractivity contribution in [2.45, 2.75) is 0 Å². The van der Waals surface area contributed by atoms with E-state index in [1.165, 1.54) is 71.2 Å². The zero-order valence-electron chi connectivity index (χ0n) is 25.9. The van der Waals surface area contributed by atoms with E-state index in [1.807, 2.05) is 12.1 Å². The van der Waals surface area contributed by atoms with Crippen molar-refractivity contribution >= 4 is 65.2 Å². The second-order valence-electron chi connectivity index (χ2n) is 12.5. The average molecular weight is 610 g/mol. The SMILES string of the molecule is N#Cc1ccc2c(ccc3ccc(-n4c5ccccc5c5cc(-c6ccc7c(c6)c6ccccc6n7-c6ccccc6)ccc54)cc32)c1. The maximum Gasteiger partial charge on any atom is 0.0991 e. The number of fused-ring (bicyclic) bond motifs is 9. The molecule has 0 saturated heterocycles. The first kappa shape index (κ1) is 26.6. The second kappa shape index (κ2) is 10.2. The lowest BCUT2D eigenvalue weighted by Gasteiger charge is -2.11. The molecule has 8 aromatic carbocycles. The Morgan fingerprint density at radius 1 is 0.354 bits per heavy atom. The van der Waals surface area contributed by atoms with Crippen LogP contribution in [-0.4, -0.2) is 9.13 Å². The first-order valence-corrected chi connectivity index (χ1v) is 16.2. The van der Waals surface area contributed by atoms with Gasteiger partial charge in [-0.1, -0.05) is 91.0 Å². The second-order valence-corrected chi connectivity index (χ2v) is 12.5. The standard InChI is InChI=1S/C45H27N3/c46-28-29-14-21-36-33(24-29)16-15-30-17-20-35(27-39(30)36)48-43-13-7-5-11-38(43)41-26-32(19-23-45(41)48)31-18-22-44-40(25-31)37-10-4-6-12-42(37)47(44)34-8-2-1-3-9-34/h1-27H. The van der Waals surface area contributed by atoms with Gasteiger partial charge in [-0.15, -0.1) is 0 Å². The lowest BCUT2D eigenvalue weighted by Crippen LogP contribution is -1.94. The molecule has 2 heterocycles. The lowest BCUT2D eigenvalue weighted by atomic mass is 9.99. The Hall–Kier alpha value is -6.63. The fourth-order valence-electron chi connectivity index (χ4n) is 7.70. The third-order valence-corrected chi connectivity index (χ3v) is 9.90. The van der Waals surface area contributed by atoms with Crippen molar-refractivity contribution in [1.29, 1.82) is 5.26 Å². The Labute approximate surface area is 276 Å². The summed E-state index contributed by atoms with van der Waals surface area (Å²) in [6, 6.07) is 61.0. The minimum Gasteiger partial charge on any atom is -0.309 e. The van der Waals surface area contributed by atoms with E-state index in [0.29, 0.717) is 5.56 Å². The molecular formula is C45H27N3. The molecule has 48 heavy (non-hydrogen) atoms. The Kier molecular flexibility index (Phi) is 5.64. The topological polar surface area (TPSA) is 33.6 Å². The van der Waals surface area contributed by atoms with E-state index in [4.69, 9.17) is 0 Å². The van der Waals surface area contributed by atoms with Crippen molar-refractivity contribution in [2.24, 2.45) is 0 Å². The first-order chi connectivity index (χ1) is 23.7. The molecule has 10 rings (SSSR count). The number of hydrogen-bond acceptors (Lipinski definition) is 1. The number of nitrogens with zero attached hydrogens (tertiary/aromatic N) is 3. The van der Waals surface area contributed by atoms with Gasteiger partial charge in [-0.3, -0.25) is 0 Å². The molecule has 0 radical (unpaired) electrons. The zero-order valence-corrected chi connectivity index (χ0v) is 25.9. The monoisotopic (exact) mass is 609 g/mol. The number of nitriles is 1. The third-order valence-electron chi connectivity index (χ3n) is 9.90. The summed E-state index contributed by atoms with van der Waals surface area (Å²) in [5.74, 6) is 0.